The smallest absolute Gasteiger partial charge is 0.235 e. The van der Waals surface area contributed by atoms with Crippen LogP contribution in [0.2, 0.25) is 0 Å². The average molecular weight is 693 g/mol. The number of aromatic nitrogens is 4. The summed E-state index contributed by atoms with van der Waals surface area (Å²) in [5.41, 5.74) is 8.78. The van der Waals surface area contributed by atoms with Gasteiger partial charge in [0, 0.05) is 43.6 Å². The topological polar surface area (TPSA) is 35.6 Å². The van der Waals surface area contributed by atoms with Crippen molar-refractivity contribution < 1.29 is 0 Å². The fraction of sp³-hybridized carbons (Fsp3) is 0. The third-order valence-electron chi connectivity index (χ3n) is 10.9. The Kier molecular flexibility index (Phi) is 5.90. The monoisotopic (exact) mass is 692 g/mol. The molecule has 0 bridgehead atoms. The number of fused-ring (bicyclic) bond motifs is 15. The third-order valence-corrected chi connectivity index (χ3v) is 12.1. The summed E-state index contributed by atoms with van der Waals surface area (Å²) in [7, 11) is 0. The van der Waals surface area contributed by atoms with Crippen LogP contribution in [0.25, 0.3) is 108 Å². The Morgan fingerprint density at radius 3 is 1.74 bits per heavy atom. The van der Waals surface area contributed by atoms with Crippen LogP contribution in [0, 0.1) is 0 Å². The minimum absolute atomic E-state index is 0.671. The first-order chi connectivity index (χ1) is 26.3. The van der Waals surface area contributed by atoms with Gasteiger partial charge < -0.3 is 4.57 Å². The van der Waals surface area contributed by atoms with E-state index < -0.39 is 0 Å². The molecule has 0 radical (unpaired) electrons. The molecule has 0 aliphatic rings. The molecular weight excluding hydrogens is 665 g/mol. The van der Waals surface area contributed by atoms with E-state index in [9.17, 15) is 0 Å². The van der Waals surface area contributed by atoms with Crippen LogP contribution in [0.15, 0.2) is 170 Å². The SMILES string of the molecule is c1ccc(-c2nc(-n3c4c(ccc5c4sc4c6ccccc6n(-c6ccccc6)c54)c4c5ccccc5c5ccccc5c43)nc3ccccc23)cc1. The van der Waals surface area contributed by atoms with Crippen molar-refractivity contribution in [2.75, 3.05) is 0 Å². The van der Waals surface area contributed by atoms with E-state index in [4.69, 9.17) is 9.97 Å². The van der Waals surface area contributed by atoms with Gasteiger partial charge in [0.05, 0.1) is 42.7 Å². The van der Waals surface area contributed by atoms with Gasteiger partial charge in [-0.2, -0.15) is 0 Å². The molecule has 4 aromatic heterocycles. The van der Waals surface area contributed by atoms with Crippen molar-refractivity contribution in [3.8, 4) is 22.9 Å². The summed E-state index contributed by atoms with van der Waals surface area (Å²) in [5, 5.41) is 10.8. The Bertz CT molecular complexity index is 3450. The fourth-order valence-corrected chi connectivity index (χ4v) is 10.1. The summed E-state index contributed by atoms with van der Waals surface area (Å²) in [6.45, 7) is 0. The van der Waals surface area contributed by atoms with Crippen LogP contribution < -0.4 is 0 Å². The van der Waals surface area contributed by atoms with Crippen LogP contribution in [-0.2, 0) is 0 Å². The zero-order valence-corrected chi connectivity index (χ0v) is 29.2. The number of para-hydroxylation sites is 3. The van der Waals surface area contributed by atoms with E-state index in [1.54, 1.807) is 0 Å². The zero-order valence-electron chi connectivity index (χ0n) is 28.4. The molecule has 0 unspecified atom stereocenters. The van der Waals surface area contributed by atoms with Gasteiger partial charge in [-0.1, -0.05) is 146 Å². The average Bonchev–Trinajstić information content (AvgIpc) is 3.89. The van der Waals surface area contributed by atoms with Crippen molar-refractivity contribution in [2.45, 2.75) is 0 Å². The Hall–Kier alpha value is -6.82. The summed E-state index contributed by atoms with van der Waals surface area (Å²) >= 11 is 1.88. The molecule has 53 heavy (non-hydrogen) atoms. The van der Waals surface area contributed by atoms with E-state index in [0.717, 1.165) is 38.9 Å². The third kappa shape index (κ3) is 3.94. The Morgan fingerprint density at radius 1 is 0.377 bits per heavy atom. The summed E-state index contributed by atoms with van der Waals surface area (Å²) in [5.74, 6) is 0.671. The highest BCUT2D eigenvalue weighted by atomic mass is 32.1. The highest BCUT2D eigenvalue weighted by Gasteiger charge is 2.26. The van der Waals surface area contributed by atoms with Gasteiger partial charge in [-0.15, -0.1) is 11.3 Å². The first kappa shape index (κ1) is 28.8. The molecule has 0 atom stereocenters. The first-order valence-corrected chi connectivity index (χ1v) is 18.8. The highest BCUT2D eigenvalue weighted by molar-refractivity contribution is 7.27. The molecule has 4 heterocycles. The maximum atomic E-state index is 5.52. The molecule has 0 saturated heterocycles. The number of thiophene rings is 1. The largest absolute Gasteiger partial charge is 0.308 e. The van der Waals surface area contributed by atoms with Crippen LogP contribution >= 0.6 is 11.3 Å². The van der Waals surface area contributed by atoms with E-state index in [2.05, 4.69) is 179 Å². The minimum atomic E-state index is 0.671. The molecule has 0 amide bonds. The van der Waals surface area contributed by atoms with Gasteiger partial charge in [0.25, 0.3) is 0 Å². The molecule has 4 nitrogen and oxygen atoms in total. The number of benzene rings is 8. The van der Waals surface area contributed by atoms with Crippen molar-refractivity contribution in [3.05, 3.63) is 170 Å². The van der Waals surface area contributed by atoms with Crippen LogP contribution in [0.1, 0.15) is 0 Å². The molecule has 5 heteroatoms. The molecule has 246 valence electrons. The van der Waals surface area contributed by atoms with Crippen molar-refractivity contribution in [1.82, 2.24) is 19.1 Å². The van der Waals surface area contributed by atoms with Gasteiger partial charge >= 0.3 is 0 Å². The van der Waals surface area contributed by atoms with Gasteiger partial charge in [-0.05, 0) is 40.4 Å². The molecular formula is C48H28N4S. The molecule has 0 N–H and O–H groups in total. The predicted octanol–water partition coefficient (Wildman–Crippen LogP) is 13.0. The molecule has 0 fully saturated rings. The van der Waals surface area contributed by atoms with Crippen LogP contribution in [-0.4, -0.2) is 19.1 Å². The summed E-state index contributed by atoms with van der Waals surface area (Å²) in [6.07, 6.45) is 0. The summed E-state index contributed by atoms with van der Waals surface area (Å²) < 4.78 is 7.33. The lowest BCUT2D eigenvalue weighted by Gasteiger charge is -2.14. The van der Waals surface area contributed by atoms with Crippen LogP contribution in [0.3, 0.4) is 0 Å². The second-order valence-electron chi connectivity index (χ2n) is 13.7. The van der Waals surface area contributed by atoms with Gasteiger partial charge in [0.15, 0.2) is 0 Å². The maximum absolute atomic E-state index is 5.52. The van der Waals surface area contributed by atoms with Crippen LogP contribution in [0.4, 0.5) is 0 Å². The predicted molar refractivity (Wildman–Crippen MR) is 224 cm³/mol. The van der Waals surface area contributed by atoms with E-state index in [0.29, 0.717) is 5.95 Å². The highest BCUT2D eigenvalue weighted by Crippen LogP contribution is 2.49. The van der Waals surface area contributed by atoms with Gasteiger partial charge in [0.2, 0.25) is 5.95 Å². The normalized spacial score (nSPS) is 12.2. The van der Waals surface area contributed by atoms with Gasteiger partial charge in [-0.3, -0.25) is 4.57 Å². The second kappa shape index (κ2) is 10.8. The van der Waals surface area contributed by atoms with Gasteiger partial charge in [0.1, 0.15) is 0 Å². The Labute approximate surface area is 307 Å². The maximum Gasteiger partial charge on any atom is 0.235 e. The molecule has 0 spiro atoms. The van der Waals surface area contributed by atoms with Crippen molar-refractivity contribution in [3.63, 3.8) is 0 Å². The Balaban J connectivity index is 1.34. The van der Waals surface area contributed by atoms with Crippen LogP contribution in [0.5, 0.6) is 0 Å². The summed E-state index contributed by atoms with van der Waals surface area (Å²) in [6, 6.07) is 60.8. The summed E-state index contributed by atoms with van der Waals surface area (Å²) in [4.78, 5) is 10.9. The van der Waals surface area contributed by atoms with Crippen molar-refractivity contribution in [1.29, 1.82) is 0 Å². The first-order valence-electron chi connectivity index (χ1n) is 17.9. The van der Waals surface area contributed by atoms with Crippen molar-refractivity contribution >= 4 is 96.8 Å². The number of hydrogen-bond acceptors (Lipinski definition) is 3. The van der Waals surface area contributed by atoms with E-state index in [1.807, 2.05) is 11.3 Å². The molecule has 12 aromatic rings. The van der Waals surface area contributed by atoms with E-state index >= 15 is 0 Å². The lowest BCUT2D eigenvalue weighted by molar-refractivity contribution is 1.02. The fourth-order valence-electron chi connectivity index (χ4n) is 8.71. The van der Waals surface area contributed by atoms with Gasteiger partial charge in [-0.25, -0.2) is 9.97 Å². The molecule has 8 aromatic carbocycles. The molecule has 0 aliphatic carbocycles. The lowest BCUT2D eigenvalue weighted by atomic mass is 9.97. The van der Waals surface area contributed by atoms with E-state index in [-0.39, 0.29) is 0 Å². The quantitative estimate of drug-likeness (QED) is 0.173. The molecule has 12 rings (SSSR count). The zero-order chi connectivity index (χ0) is 34.6. The standard InChI is InChI=1S/C48H28N4S/c1-3-15-29(16-4-1)42-35-23-11-13-25-39(35)49-48(50-42)52-43-34-22-10-8-20-32(34)31-19-7-9-21-33(31)41(43)37-27-28-38-45-46(53-47(38)44(37)52)36-24-12-14-26-40(36)51(45)30-17-5-2-6-18-30/h1-28H. The van der Waals surface area contributed by atoms with E-state index in [1.165, 1.54) is 63.5 Å². The Morgan fingerprint density at radius 2 is 0.943 bits per heavy atom. The lowest BCUT2D eigenvalue weighted by Crippen LogP contribution is -2.04. The number of rotatable bonds is 3. The number of nitrogens with zero attached hydrogens (tertiary/aromatic N) is 4. The second-order valence-corrected chi connectivity index (χ2v) is 14.7. The molecule has 0 saturated carbocycles. The molecule has 0 aliphatic heterocycles. The number of hydrogen-bond donors (Lipinski definition) is 0. The van der Waals surface area contributed by atoms with Crippen molar-refractivity contribution in [2.24, 2.45) is 0 Å². The minimum Gasteiger partial charge on any atom is -0.308 e.